The standard InChI is InChI=1S/C21H19N3O7S/c25-17(11-30-15-4-2-1-3-5-15)22-18-19(26)23-16(12-32-20(18)23)21(27)31-10-13-6-8-14(9-7-13)24(28)29/h1-9,16,18,20H,10-12H2,(H,22,25)/t16?,18?,20-/m0/s1. The number of hydrogen-bond donors (Lipinski definition) is 1. The van der Waals surface area contributed by atoms with Gasteiger partial charge in [0.05, 0.1) is 4.92 Å². The zero-order valence-corrected chi connectivity index (χ0v) is 17.5. The first-order chi connectivity index (χ1) is 15.4. The summed E-state index contributed by atoms with van der Waals surface area (Å²) in [6.45, 7) is -0.270. The second-order valence-electron chi connectivity index (χ2n) is 7.16. The maximum absolute atomic E-state index is 12.5. The van der Waals surface area contributed by atoms with Crippen molar-refractivity contribution in [3.63, 3.8) is 0 Å². The molecule has 0 saturated carbocycles. The lowest BCUT2D eigenvalue weighted by Gasteiger charge is -2.43. The fraction of sp³-hybridized carbons (Fsp3) is 0.286. The fourth-order valence-corrected chi connectivity index (χ4v) is 4.89. The molecule has 2 aliphatic heterocycles. The third-order valence-electron chi connectivity index (χ3n) is 5.07. The van der Waals surface area contributed by atoms with Crippen molar-refractivity contribution in [1.29, 1.82) is 0 Å². The van der Waals surface area contributed by atoms with E-state index in [9.17, 15) is 24.5 Å². The number of esters is 1. The number of nitrogens with one attached hydrogen (secondary N) is 1. The molecule has 2 saturated heterocycles. The lowest BCUT2D eigenvalue weighted by molar-refractivity contribution is -0.384. The lowest BCUT2D eigenvalue weighted by atomic mass is 10.0. The molecule has 2 heterocycles. The van der Waals surface area contributed by atoms with E-state index in [1.165, 1.54) is 40.9 Å². The average molecular weight is 457 g/mol. The number of carbonyl (C=O) groups excluding carboxylic acids is 3. The number of carbonyl (C=O) groups is 3. The van der Waals surface area contributed by atoms with E-state index >= 15 is 0 Å². The van der Waals surface area contributed by atoms with E-state index in [0.29, 0.717) is 17.1 Å². The predicted octanol–water partition coefficient (Wildman–Crippen LogP) is 1.49. The Balaban J connectivity index is 1.25. The molecule has 0 spiro atoms. The molecule has 2 aromatic carbocycles. The van der Waals surface area contributed by atoms with Crippen molar-refractivity contribution < 1.29 is 28.8 Å². The number of fused-ring (bicyclic) bond motifs is 1. The predicted molar refractivity (Wildman–Crippen MR) is 114 cm³/mol. The summed E-state index contributed by atoms with van der Waals surface area (Å²) in [4.78, 5) is 48.8. The number of rotatable bonds is 8. The van der Waals surface area contributed by atoms with Gasteiger partial charge in [0.25, 0.3) is 11.6 Å². The second-order valence-corrected chi connectivity index (χ2v) is 8.31. The molecule has 0 aromatic heterocycles. The molecule has 4 rings (SSSR count). The van der Waals surface area contributed by atoms with Crippen LogP contribution in [-0.4, -0.2) is 57.4 Å². The first kappa shape index (κ1) is 21.6. The van der Waals surface area contributed by atoms with Crippen molar-refractivity contribution in [2.45, 2.75) is 24.1 Å². The topological polar surface area (TPSA) is 128 Å². The van der Waals surface area contributed by atoms with Gasteiger partial charge in [0, 0.05) is 17.9 Å². The molecule has 2 fully saturated rings. The highest BCUT2D eigenvalue weighted by atomic mass is 32.2. The first-order valence-corrected chi connectivity index (χ1v) is 10.8. The van der Waals surface area contributed by atoms with Crippen molar-refractivity contribution in [2.75, 3.05) is 12.4 Å². The van der Waals surface area contributed by atoms with Crippen LogP contribution in [0.15, 0.2) is 54.6 Å². The van der Waals surface area contributed by atoms with E-state index in [1.54, 1.807) is 24.3 Å². The minimum Gasteiger partial charge on any atom is -0.484 e. The lowest BCUT2D eigenvalue weighted by Crippen LogP contribution is -2.70. The Morgan fingerprint density at radius 2 is 1.88 bits per heavy atom. The number of nitro benzene ring substituents is 1. The first-order valence-electron chi connectivity index (χ1n) is 9.75. The molecule has 10 nitrogen and oxygen atoms in total. The number of amides is 2. The van der Waals surface area contributed by atoms with Gasteiger partial charge in [-0.25, -0.2) is 4.79 Å². The molecule has 166 valence electrons. The van der Waals surface area contributed by atoms with Gasteiger partial charge >= 0.3 is 5.97 Å². The molecule has 2 amide bonds. The SMILES string of the molecule is O=C(COc1ccccc1)NC1C(=O)N2C(C(=O)OCc3ccc([N+](=O)[O-])cc3)CS[C@@H]12. The summed E-state index contributed by atoms with van der Waals surface area (Å²) >= 11 is 1.40. The molecule has 0 bridgehead atoms. The van der Waals surface area contributed by atoms with Crippen LogP contribution in [0.3, 0.4) is 0 Å². The molecule has 2 aliphatic rings. The number of β-lactam (4-membered cyclic amide) rings is 1. The van der Waals surface area contributed by atoms with Crippen LogP contribution in [0.5, 0.6) is 5.75 Å². The van der Waals surface area contributed by atoms with Crippen molar-refractivity contribution >= 4 is 35.2 Å². The van der Waals surface area contributed by atoms with E-state index < -0.39 is 28.9 Å². The number of nitro groups is 1. The normalized spacial score (nSPS) is 21.3. The molecule has 2 aromatic rings. The monoisotopic (exact) mass is 457 g/mol. The maximum atomic E-state index is 12.5. The Bertz CT molecular complexity index is 1030. The van der Waals surface area contributed by atoms with E-state index in [0.717, 1.165) is 0 Å². The van der Waals surface area contributed by atoms with E-state index in [4.69, 9.17) is 9.47 Å². The second kappa shape index (κ2) is 9.27. The zero-order chi connectivity index (χ0) is 22.7. The highest BCUT2D eigenvalue weighted by Crippen LogP contribution is 2.40. The molecular weight excluding hydrogens is 438 g/mol. The molecule has 32 heavy (non-hydrogen) atoms. The van der Waals surface area contributed by atoms with Crippen LogP contribution in [0.2, 0.25) is 0 Å². The summed E-state index contributed by atoms with van der Waals surface area (Å²) in [6.07, 6.45) is 0. The summed E-state index contributed by atoms with van der Waals surface area (Å²) in [5.74, 6) is -0.399. The Labute approximate surface area is 187 Å². The summed E-state index contributed by atoms with van der Waals surface area (Å²) < 4.78 is 10.7. The Morgan fingerprint density at radius 3 is 2.56 bits per heavy atom. The van der Waals surface area contributed by atoms with Gasteiger partial charge in [0.1, 0.15) is 29.8 Å². The number of non-ortho nitro benzene ring substituents is 1. The highest BCUT2D eigenvalue weighted by Gasteiger charge is 2.57. The highest BCUT2D eigenvalue weighted by molar-refractivity contribution is 8.00. The maximum Gasteiger partial charge on any atom is 0.330 e. The van der Waals surface area contributed by atoms with E-state index in [2.05, 4.69) is 5.32 Å². The molecule has 0 radical (unpaired) electrons. The van der Waals surface area contributed by atoms with E-state index in [-0.39, 0.29) is 30.2 Å². The molecule has 0 aliphatic carbocycles. The van der Waals surface area contributed by atoms with Gasteiger partial charge in [-0.2, -0.15) is 0 Å². The van der Waals surface area contributed by atoms with Crippen LogP contribution in [0, 0.1) is 10.1 Å². The van der Waals surface area contributed by atoms with Gasteiger partial charge in [0.15, 0.2) is 6.61 Å². The van der Waals surface area contributed by atoms with Crippen LogP contribution in [0.25, 0.3) is 0 Å². The van der Waals surface area contributed by atoms with Gasteiger partial charge in [-0.05, 0) is 29.8 Å². The van der Waals surface area contributed by atoms with Crippen LogP contribution < -0.4 is 10.1 Å². The number of thioether (sulfide) groups is 1. The summed E-state index contributed by atoms with van der Waals surface area (Å²) in [7, 11) is 0. The summed E-state index contributed by atoms with van der Waals surface area (Å²) in [5.41, 5.74) is 0.549. The fourth-order valence-electron chi connectivity index (χ4n) is 3.42. The number of nitrogens with zero attached hydrogens (tertiary/aromatic N) is 2. The Kier molecular flexibility index (Phi) is 6.26. The van der Waals surface area contributed by atoms with Crippen molar-refractivity contribution in [3.05, 3.63) is 70.3 Å². The van der Waals surface area contributed by atoms with Gasteiger partial charge in [-0.3, -0.25) is 19.7 Å². The number of ether oxygens (including phenoxy) is 2. The molecular formula is C21H19N3O7S. The number of benzene rings is 2. The third-order valence-corrected chi connectivity index (χ3v) is 6.42. The van der Waals surface area contributed by atoms with Crippen molar-refractivity contribution in [1.82, 2.24) is 10.2 Å². The van der Waals surface area contributed by atoms with Crippen molar-refractivity contribution in [2.24, 2.45) is 0 Å². The summed E-state index contributed by atoms with van der Waals surface area (Å²) in [6, 6.07) is 13.1. The molecule has 1 N–H and O–H groups in total. The molecule has 2 unspecified atom stereocenters. The van der Waals surface area contributed by atoms with Gasteiger partial charge in [-0.15, -0.1) is 11.8 Å². The Morgan fingerprint density at radius 1 is 1.16 bits per heavy atom. The van der Waals surface area contributed by atoms with Gasteiger partial charge in [-0.1, -0.05) is 18.2 Å². The van der Waals surface area contributed by atoms with Crippen LogP contribution in [0.1, 0.15) is 5.56 Å². The van der Waals surface area contributed by atoms with E-state index in [1.807, 2.05) is 6.07 Å². The van der Waals surface area contributed by atoms with Gasteiger partial charge < -0.3 is 19.7 Å². The zero-order valence-electron chi connectivity index (χ0n) is 16.7. The Hall–Kier alpha value is -3.60. The smallest absolute Gasteiger partial charge is 0.330 e. The molecule has 3 atom stereocenters. The average Bonchev–Trinajstić information content (AvgIpc) is 3.21. The molecule has 11 heteroatoms. The van der Waals surface area contributed by atoms with Crippen LogP contribution in [-0.2, 0) is 25.7 Å². The quantitative estimate of drug-likeness (QED) is 0.273. The third kappa shape index (κ3) is 4.52. The largest absolute Gasteiger partial charge is 0.484 e. The minimum atomic E-state index is -0.732. The van der Waals surface area contributed by atoms with Gasteiger partial charge in [0.2, 0.25) is 5.91 Å². The number of para-hydroxylation sites is 1. The number of hydrogen-bond acceptors (Lipinski definition) is 8. The summed E-state index contributed by atoms with van der Waals surface area (Å²) in [5, 5.41) is 13.0. The minimum absolute atomic E-state index is 0.0523. The van der Waals surface area contributed by atoms with Crippen LogP contribution >= 0.6 is 11.8 Å². The van der Waals surface area contributed by atoms with Crippen LogP contribution in [0.4, 0.5) is 5.69 Å². The van der Waals surface area contributed by atoms with Crippen molar-refractivity contribution in [3.8, 4) is 5.75 Å².